The fourth-order valence-electron chi connectivity index (χ4n) is 3.56. The maximum absolute atomic E-state index is 4.68. The second-order valence-corrected chi connectivity index (χ2v) is 9.16. The minimum atomic E-state index is 0.383. The van der Waals surface area contributed by atoms with Crippen LogP contribution in [0.15, 0.2) is 42.3 Å². The normalized spacial score (nSPS) is 24.4. The van der Waals surface area contributed by atoms with Gasteiger partial charge in [-0.25, -0.2) is 4.98 Å². The van der Waals surface area contributed by atoms with Crippen LogP contribution in [0.4, 0.5) is 0 Å². The van der Waals surface area contributed by atoms with Gasteiger partial charge in [0.15, 0.2) is 0 Å². The van der Waals surface area contributed by atoms with Gasteiger partial charge in [-0.15, -0.1) is 27.2 Å². The van der Waals surface area contributed by atoms with Crippen LogP contribution in [-0.4, -0.2) is 28.6 Å². The highest BCUT2D eigenvalue weighted by Gasteiger charge is 2.35. The van der Waals surface area contributed by atoms with E-state index in [2.05, 4.69) is 75.3 Å². The van der Waals surface area contributed by atoms with Crippen molar-refractivity contribution in [2.24, 2.45) is 5.41 Å². The Kier molecular flexibility index (Phi) is 6.09. The number of benzene rings is 1. The Bertz CT molecular complexity index is 709. The third-order valence-electron chi connectivity index (χ3n) is 5.47. The Labute approximate surface area is 158 Å². The van der Waals surface area contributed by atoms with Gasteiger partial charge in [0.05, 0.1) is 10.7 Å². The molecule has 134 valence electrons. The molecular weight excluding hydrogens is 343 g/mol. The number of hydrogen-bond donors (Lipinski definition) is 0. The van der Waals surface area contributed by atoms with Crippen LogP contribution in [0.1, 0.15) is 37.3 Å². The Morgan fingerprint density at radius 3 is 2.76 bits per heavy atom. The number of rotatable bonds is 6. The molecule has 1 fully saturated rings. The second-order valence-electron chi connectivity index (χ2n) is 7.42. The molecule has 3 rings (SSSR count). The first kappa shape index (κ1) is 18.8. The summed E-state index contributed by atoms with van der Waals surface area (Å²) in [6.45, 7) is 11.8. The highest BCUT2D eigenvalue weighted by Crippen LogP contribution is 2.39. The van der Waals surface area contributed by atoms with Crippen molar-refractivity contribution in [3.05, 3.63) is 52.9 Å². The van der Waals surface area contributed by atoms with Gasteiger partial charge in [-0.2, -0.15) is 0 Å². The Morgan fingerprint density at radius 1 is 1.40 bits per heavy atom. The van der Waals surface area contributed by atoms with E-state index in [4.69, 9.17) is 0 Å². The summed E-state index contributed by atoms with van der Waals surface area (Å²) in [5, 5.41) is 3.37. The lowest BCUT2D eigenvalue weighted by molar-refractivity contribution is 0.123. The van der Waals surface area contributed by atoms with Crippen molar-refractivity contribution in [2.75, 3.05) is 13.1 Å². The maximum Gasteiger partial charge on any atom is 0.0929 e. The zero-order chi connectivity index (χ0) is 17.9. The van der Waals surface area contributed by atoms with Crippen LogP contribution in [0.25, 0.3) is 11.3 Å². The largest absolute Gasteiger partial charge is 0.298 e. The van der Waals surface area contributed by atoms with E-state index >= 15 is 0 Å². The highest BCUT2D eigenvalue weighted by atomic mass is 32.1. The second kappa shape index (κ2) is 8.12. The predicted molar refractivity (Wildman–Crippen MR) is 113 cm³/mol. The van der Waals surface area contributed by atoms with E-state index in [1.54, 1.807) is 11.3 Å². The Hall–Kier alpha value is -1.02. The van der Waals surface area contributed by atoms with E-state index in [1.807, 2.05) is 0 Å². The SMILES string of the molecule is C=CCC1(C)CCN(Cc2ccc(-c3csc(CC)n3)cc2)CC1P. The first-order chi connectivity index (χ1) is 12.0. The van der Waals surface area contributed by atoms with Gasteiger partial charge in [0.1, 0.15) is 0 Å². The average molecular weight is 373 g/mol. The third-order valence-corrected chi connectivity index (χ3v) is 7.48. The van der Waals surface area contributed by atoms with Crippen molar-refractivity contribution in [3.8, 4) is 11.3 Å². The standard InChI is InChI=1S/C21H29N2PS/c1-4-10-21(3)11-12-23(14-19(21)24)13-16-6-8-17(9-7-16)18-15-25-20(5-2)22-18/h4,6-9,15,19H,1,5,10-14,24H2,2-3H3. The van der Waals surface area contributed by atoms with Crippen molar-refractivity contribution >= 4 is 20.6 Å². The fourth-order valence-corrected chi connectivity index (χ4v) is 4.92. The molecule has 25 heavy (non-hydrogen) atoms. The van der Waals surface area contributed by atoms with Crippen molar-refractivity contribution in [2.45, 2.75) is 45.3 Å². The summed E-state index contributed by atoms with van der Waals surface area (Å²) in [5.74, 6) is 0. The Balaban J connectivity index is 1.61. The summed E-state index contributed by atoms with van der Waals surface area (Å²) in [7, 11) is 3.07. The first-order valence-corrected chi connectivity index (χ1v) is 10.7. The molecule has 2 aromatic rings. The monoisotopic (exact) mass is 372 g/mol. The van der Waals surface area contributed by atoms with E-state index in [1.165, 1.54) is 29.1 Å². The molecule has 1 aliphatic heterocycles. The van der Waals surface area contributed by atoms with Gasteiger partial charge in [-0.1, -0.05) is 44.2 Å². The maximum atomic E-state index is 4.68. The molecule has 3 atom stereocenters. The fraction of sp³-hybridized carbons (Fsp3) is 0.476. The van der Waals surface area contributed by atoms with Gasteiger partial charge in [0.2, 0.25) is 0 Å². The van der Waals surface area contributed by atoms with Crippen LogP contribution in [0.5, 0.6) is 0 Å². The summed E-state index contributed by atoms with van der Waals surface area (Å²) in [6.07, 6.45) is 5.44. The molecule has 3 unspecified atom stereocenters. The van der Waals surface area contributed by atoms with Crippen LogP contribution in [0.3, 0.4) is 0 Å². The molecule has 0 saturated carbocycles. The van der Waals surface area contributed by atoms with Gasteiger partial charge < -0.3 is 0 Å². The van der Waals surface area contributed by atoms with Gasteiger partial charge in [-0.3, -0.25) is 4.90 Å². The van der Waals surface area contributed by atoms with Crippen LogP contribution in [0, 0.1) is 5.41 Å². The molecule has 0 spiro atoms. The quantitative estimate of drug-likeness (QED) is 0.498. The van der Waals surface area contributed by atoms with E-state index in [0.29, 0.717) is 11.1 Å². The van der Waals surface area contributed by atoms with Crippen molar-refractivity contribution in [1.82, 2.24) is 9.88 Å². The molecule has 1 saturated heterocycles. The number of allylic oxidation sites excluding steroid dienone is 1. The molecule has 2 nitrogen and oxygen atoms in total. The summed E-state index contributed by atoms with van der Waals surface area (Å²) in [5.41, 5.74) is 4.73. The minimum absolute atomic E-state index is 0.383. The van der Waals surface area contributed by atoms with Crippen LogP contribution in [-0.2, 0) is 13.0 Å². The number of nitrogens with zero attached hydrogens (tertiary/aromatic N) is 2. The van der Waals surface area contributed by atoms with Crippen LogP contribution in [0.2, 0.25) is 0 Å². The number of thiazole rings is 1. The highest BCUT2D eigenvalue weighted by molar-refractivity contribution is 7.17. The molecule has 4 heteroatoms. The molecule has 0 N–H and O–H groups in total. The zero-order valence-corrected chi connectivity index (χ0v) is 17.3. The number of aryl methyl sites for hydroxylation is 1. The minimum Gasteiger partial charge on any atom is -0.298 e. The van der Waals surface area contributed by atoms with Gasteiger partial charge >= 0.3 is 0 Å². The summed E-state index contributed by atoms with van der Waals surface area (Å²) < 4.78 is 0. The van der Waals surface area contributed by atoms with Crippen LogP contribution < -0.4 is 0 Å². The molecule has 0 radical (unpaired) electrons. The lowest BCUT2D eigenvalue weighted by Crippen LogP contribution is -2.46. The smallest absolute Gasteiger partial charge is 0.0929 e. The first-order valence-electron chi connectivity index (χ1n) is 9.16. The average Bonchev–Trinajstić information content (AvgIpc) is 3.09. The molecule has 1 aromatic carbocycles. The predicted octanol–water partition coefficient (Wildman–Crippen LogP) is 5.40. The van der Waals surface area contributed by atoms with Crippen molar-refractivity contribution < 1.29 is 0 Å². The van der Waals surface area contributed by atoms with Gasteiger partial charge in [0.25, 0.3) is 0 Å². The van der Waals surface area contributed by atoms with Gasteiger partial charge in [0, 0.05) is 24.0 Å². The Morgan fingerprint density at radius 2 is 2.16 bits per heavy atom. The lowest BCUT2D eigenvalue weighted by atomic mass is 9.77. The molecule has 1 aromatic heterocycles. The molecule has 1 aliphatic rings. The molecule has 0 amide bonds. The summed E-state index contributed by atoms with van der Waals surface area (Å²) in [4.78, 5) is 7.26. The van der Waals surface area contributed by atoms with E-state index in [0.717, 1.165) is 31.6 Å². The van der Waals surface area contributed by atoms with Crippen molar-refractivity contribution in [1.29, 1.82) is 0 Å². The molecule has 0 bridgehead atoms. The van der Waals surface area contributed by atoms with E-state index in [9.17, 15) is 0 Å². The third kappa shape index (κ3) is 4.39. The zero-order valence-electron chi connectivity index (χ0n) is 15.4. The number of likely N-dealkylation sites (tertiary alicyclic amines) is 1. The topological polar surface area (TPSA) is 16.1 Å². The summed E-state index contributed by atoms with van der Waals surface area (Å²) >= 11 is 1.75. The summed E-state index contributed by atoms with van der Waals surface area (Å²) in [6, 6.07) is 8.95. The van der Waals surface area contributed by atoms with Crippen molar-refractivity contribution in [3.63, 3.8) is 0 Å². The lowest BCUT2D eigenvalue weighted by Gasteiger charge is -2.44. The molecule has 2 heterocycles. The van der Waals surface area contributed by atoms with E-state index in [-0.39, 0.29) is 0 Å². The number of hydrogen-bond acceptors (Lipinski definition) is 3. The number of aromatic nitrogens is 1. The van der Waals surface area contributed by atoms with Crippen LogP contribution >= 0.6 is 20.6 Å². The molecular formula is C21H29N2PS. The van der Waals surface area contributed by atoms with E-state index < -0.39 is 0 Å². The number of piperidine rings is 1. The molecule has 0 aliphatic carbocycles. The van der Waals surface area contributed by atoms with Gasteiger partial charge in [-0.05, 0) is 42.4 Å².